The molecule has 5 nitrogen and oxygen atoms in total. The van der Waals surface area contributed by atoms with Gasteiger partial charge in [-0.25, -0.2) is 0 Å². The first-order chi connectivity index (χ1) is 33.4. The van der Waals surface area contributed by atoms with Crippen molar-refractivity contribution in [2.24, 2.45) is 5.92 Å². The van der Waals surface area contributed by atoms with Crippen LogP contribution in [0.4, 0.5) is 0 Å². The minimum atomic E-state index is -2.16. The number of carboxylic acid groups (broad SMARTS) is 2. The number of unbranched alkanes of at least 4 members (excludes halogenated alkanes) is 45. The normalized spacial score (nSPS) is 16.2. The smallest absolute Gasteiger partial charge is 0.327 e. The van der Waals surface area contributed by atoms with Crippen LogP contribution in [0.15, 0.2) is 22.8 Å². The summed E-state index contributed by atoms with van der Waals surface area (Å²) >= 11 is -2.16. The topological polar surface area (TPSA) is 91.7 Å². The minimum absolute atomic E-state index is 0.533. The van der Waals surface area contributed by atoms with Gasteiger partial charge >= 0.3 is 11.9 Å². The van der Waals surface area contributed by atoms with Gasteiger partial charge in [0, 0.05) is 0 Å². The Morgan fingerprint density at radius 2 is 0.618 bits per heavy atom. The molecule has 0 heterocycles. The van der Waals surface area contributed by atoms with Gasteiger partial charge in [-0.05, 0) is 49.7 Å². The van der Waals surface area contributed by atoms with E-state index in [1.54, 1.807) is 0 Å². The standard InChI is InChI=1S/C62H115IO5/c1-4-7-10-13-16-19-22-25-28-31-34-37-40-43-46-49-52-56-55-57(53-50-47-44-41-38-35-32-29-26-23-20-17-14-11-8-5-2)62(63-68,61(66)67)59(60(64)65)58(56)54-51-48-45-42-39-36-33-30-27-24-21-18-15-12-9-6-3/h55,59H,4-54H2,1-3H3,(H,64,65)(H,66,67). The van der Waals surface area contributed by atoms with Crippen molar-refractivity contribution in [3.05, 3.63) is 22.8 Å². The van der Waals surface area contributed by atoms with Crippen molar-refractivity contribution in [3.8, 4) is 0 Å². The van der Waals surface area contributed by atoms with Crippen LogP contribution in [0, 0.1) is 5.92 Å². The fourth-order valence-corrected chi connectivity index (χ4v) is 12.9. The van der Waals surface area contributed by atoms with Crippen molar-refractivity contribution in [1.82, 2.24) is 0 Å². The maximum atomic E-state index is 13.3. The second-order valence-electron chi connectivity index (χ2n) is 21.7. The molecule has 0 bridgehead atoms. The summed E-state index contributed by atoms with van der Waals surface area (Å²) in [5, 5.41) is 21.7. The predicted molar refractivity (Wildman–Crippen MR) is 304 cm³/mol. The van der Waals surface area contributed by atoms with Crippen LogP contribution in [0.1, 0.15) is 348 Å². The van der Waals surface area contributed by atoms with Gasteiger partial charge in [0.15, 0.2) is 24.6 Å². The van der Waals surface area contributed by atoms with E-state index < -0.39 is 42.5 Å². The number of allylic oxidation sites excluding steroid dienone is 2. The van der Waals surface area contributed by atoms with Crippen molar-refractivity contribution < 1.29 is 22.9 Å². The Hall–Kier alpha value is -1.05. The van der Waals surface area contributed by atoms with Crippen LogP contribution in [0.5, 0.6) is 0 Å². The van der Waals surface area contributed by atoms with Crippen LogP contribution < -0.4 is 0 Å². The molecule has 0 aromatic rings. The lowest BCUT2D eigenvalue weighted by atomic mass is 9.71. The molecular formula is C62H115IO5. The molecule has 400 valence electrons. The fraction of sp³-hybridized carbons (Fsp3) is 0.903. The zero-order chi connectivity index (χ0) is 49.4. The van der Waals surface area contributed by atoms with E-state index in [-0.39, 0.29) is 0 Å². The van der Waals surface area contributed by atoms with Crippen LogP contribution in [0.2, 0.25) is 0 Å². The van der Waals surface area contributed by atoms with Crippen molar-refractivity contribution in [1.29, 1.82) is 0 Å². The molecule has 1 rings (SSSR count). The second-order valence-corrected chi connectivity index (χ2v) is 23.9. The average Bonchev–Trinajstić information content (AvgIpc) is 3.33. The first kappa shape index (κ1) is 65.0. The quantitative estimate of drug-likeness (QED) is 0.0360. The van der Waals surface area contributed by atoms with Crippen LogP contribution in [0.3, 0.4) is 0 Å². The third kappa shape index (κ3) is 32.8. The van der Waals surface area contributed by atoms with Crippen LogP contribution in [0.25, 0.3) is 0 Å². The van der Waals surface area contributed by atoms with Crippen LogP contribution >= 0.6 is 21.2 Å². The molecule has 6 heteroatoms. The van der Waals surface area contributed by atoms with Gasteiger partial charge in [0.1, 0.15) is 5.92 Å². The van der Waals surface area contributed by atoms with Gasteiger partial charge in [0.2, 0.25) is 0 Å². The number of aliphatic carboxylic acids is 2. The summed E-state index contributed by atoms with van der Waals surface area (Å²) < 4.78 is 11.6. The van der Waals surface area contributed by atoms with Crippen LogP contribution in [-0.4, -0.2) is 25.6 Å². The molecule has 2 atom stereocenters. The largest absolute Gasteiger partial charge is 0.481 e. The van der Waals surface area contributed by atoms with Gasteiger partial charge in [0.25, 0.3) is 0 Å². The summed E-state index contributed by atoms with van der Waals surface area (Å²) in [6.45, 7) is 6.84. The van der Waals surface area contributed by atoms with E-state index in [2.05, 4.69) is 26.8 Å². The Morgan fingerprint density at radius 1 is 0.382 bits per heavy atom. The molecule has 1 aliphatic carbocycles. The maximum absolute atomic E-state index is 13.3. The van der Waals surface area contributed by atoms with E-state index >= 15 is 0 Å². The first-order valence-electron chi connectivity index (χ1n) is 30.6. The highest BCUT2D eigenvalue weighted by Gasteiger charge is 2.57. The number of hydrogen-bond acceptors (Lipinski definition) is 3. The molecule has 0 radical (unpaired) electrons. The average molecular weight is 1070 g/mol. The Kier molecular flexibility index (Phi) is 46.1. The van der Waals surface area contributed by atoms with Crippen molar-refractivity contribution in [3.63, 3.8) is 0 Å². The van der Waals surface area contributed by atoms with Crippen LogP contribution in [-0.2, 0) is 12.7 Å². The third-order valence-electron chi connectivity index (χ3n) is 15.6. The van der Waals surface area contributed by atoms with Gasteiger partial charge < -0.3 is 10.2 Å². The lowest BCUT2D eigenvalue weighted by Gasteiger charge is -2.38. The molecule has 0 saturated heterocycles. The number of rotatable bonds is 54. The summed E-state index contributed by atoms with van der Waals surface area (Å²) in [5.74, 6) is -3.52. The molecule has 0 fully saturated rings. The molecular weight excluding hydrogens is 952 g/mol. The maximum Gasteiger partial charge on any atom is 0.327 e. The Labute approximate surface area is 433 Å². The molecule has 1 aliphatic rings. The van der Waals surface area contributed by atoms with E-state index in [1.807, 2.05) is 0 Å². The number of hydrogen-bond donors (Lipinski definition) is 2. The van der Waals surface area contributed by atoms with E-state index in [0.29, 0.717) is 18.4 Å². The lowest BCUT2D eigenvalue weighted by molar-refractivity contribution is -0.148. The second kappa shape index (κ2) is 48.2. The molecule has 0 amide bonds. The highest BCUT2D eigenvalue weighted by molar-refractivity contribution is 14.1. The first-order valence-corrected chi connectivity index (χ1v) is 32.5. The van der Waals surface area contributed by atoms with E-state index in [0.717, 1.165) is 68.9 Å². The Bertz CT molecular complexity index is 1240. The van der Waals surface area contributed by atoms with E-state index in [4.69, 9.17) is 0 Å². The van der Waals surface area contributed by atoms with Crippen molar-refractivity contribution >= 4 is 33.1 Å². The van der Waals surface area contributed by atoms with Gasteiger partial charge in [0.05, 0.1) is 0 Å². The molecule has 0 saturated carbocycles. The minimum Gasteiger partial charge on any atom is -0.481 e. The monoisotopic (exact) mass is 1070 g/mol. The number of carbonyl (C=O) groups is 2. The van der Waals surface area contributed by atoms with E-state index in [9.17, 15) is 22.9 Å². The van der Waals surface area contributed by atoms with Gasteiger partial charge in [-0.2, -0.15) is 0 Å². The molecule has 0 aromatic heterocycles. The molecule has 0 aromatic carbocycles. The van der Waals surface area contributed by atoms with Crippen molar-refractivity contribution in [2.75, 3.05) is 0 Å². The molecule has 0 aliphatic heterocycles. The SMILES string of the molecule is CCCCCCCCCCCCCCCCCCC1=CC(CCCCCCCCCCCCCCCCCC)=C(CCCCCCCCCCCCCCCCCC)C(C(=O)O)C1(I=O)C(=O)O. The van der Waals surface area contributed by atoms with Crippen molar-refractivity contribution in [2.45, 2.75) is 352 Å². The summed E-state index contributed by atoms with van der Waals surface area (Å²) in [6, 6.07) is 0. The zero-order valence-corrected chi connectivity index (χ0v) is 47.9. The molecule has 2 N–H and O–H groups in total. The van der Waals surface area contributed by atoms with Gasteiger partial charge in [-0.15, -0.1) is 0 Å². The highest BCUT2D eigenvalue weighted by Crippen LogP contribution is 2.51. The Balaban J connectivity index is 2.74. The molecule has 0 spiro atoms. The molecule has 2 unspecified atom stereocenters. The third-order valence-corrected chi connectivity index (χ3v) is 18.0. The summed E-state index contributed by atoms with van der Waals surface area (Å²) in [4.78, 5) is 26.6. The van der Waals surface area contributed by atoms with Gasteiger partial charge in [-0.1, -0.05) is 321 Å². The Morgan fingerprint density at radius 3 is 0.853 bits per heavy atom. The summed E-state index contributed by atoms with van der Waals surface area (Å²) in [5.41, 5.74) is 2.47. The predicted octanol–water partition coefficient (Wildman–Crippen LogP) is 22.0. The zero-order valence-electron chi connectivity index (χ0n) is 45.7. The van der Waals surface area contributed by atoms with E-state index in [1.165, 1.54) is 257 Å². The molecule has 68 heavy (non-hydrogen) atoms. The number of halogens is 1. The van der Waals surface area contributed by atoms with Gasteiger partial charge in [-0.3, -0.25) is 12.7 Å². The summed E-state index contributed by atoms with van der Waals surface area (Å²) in [6.07, 6.45) is 66.0. The fourth-order valence-electron chi connectivity index (χ4n) is 11.1. The lowest BCUT2D eigenvalue weighted by Crippen LogP contribution is -2.49. The highest BCUT2D eigenvalue weighted by atomic mass is 127. The number of alkyl halides is 1. The number of carboxylic acids is 2. The summed E-state index contributed by atoms with van der Waals surface area (Å²) in [7, 11) is 0.